The number of hydrogen-bond acceptors (Lipinski definition) is 7. The molecule has 3 rings (SSSR count). The van der Waals surface area contributed by atoms with Gasteiger partial charge in [-0.3, -0.25) is 9.59 Å². The van der Waals surface area contributed by atoms with Crippen LogP contribution in [0.4, 0.5) is 24.7 Å². The van der Waals surface area contributed by atoms with Gasteiger partial charge >= 0.3 is 6.18 Å². The minimum absolute atomic E-state index is 0.143. The third kappa shape index (κ3) is 7.47. The summed E-state index contributed by atoms with van der Waals surface area (Å²) in [6.07, 6.45) is -1.58. The largest absolute Gasteiger partial charge is 0.417 e. The monoisotopic (exact) mass is 493 g/mol. The van der Waals surface area contributed by atoms with Crippen molar-refractivity contribution >= 4 is 35.1 Å². The van der Waals surface area contributed by atoms with Gasteiger partial charge in [0.1, 0.15) is 12.1 Å². The fourth-order valence-corrected chi connectivity index (χ4v) is 3.43. The number of anilines is 2. The Kier molecular flexibility index (Phi) is 8.46. The van der Waals surface area contributed by atoms with Crippen molar-refractivity contribution < 1.29 is 22.8 Å². The van der Waals surface area contributed by atoms with E-state index in [4.69, 9.17) is 0 Å². The first-order valence-corrected chi connectivity index (χ1v) is 11.1. The Hall–Kier alpha value is -3.61. The molecule has 2 heterocycles. The van der Waals surface area contributed by atoms with Gasteiger partial charge in [0.15, 0.2) is 5.16 Å². The van der Waals surface area contributed by atoms with Gasteiger partial charge < -0.3 is 20.5 Å². The molecule has 0 saturated carbocycles. The number of alkyl halides is 3. The van der Waals surface area contributed by atoms with Crippen LogP contribution in [0.3, 0.4) is 0 Å². The maximum atomic E-state index is 12.5. The summed E-state index contributed by atoms with van der Waals surface area (Å²) in [5.74, 6) is -0.0881. The summed E-state index contributed by atoms with van der Waals surface area (Å²) in [5, 5.41) is 16.7. The Labute approximate surface area is 197 Å². The number of nitrogens with one attached hydrogen (secondary N) is 3. The molecule has 0 spiro atoms. The summed E-state index contributed by atoms with van der Waals surface area (Å²) >= 11 is 1.24. The number of carbonyl (C=O) groups is 2. The van der Waals surface area contributed by atoms with Crippen molar-refractivity contribution in [3.05, 3.63) is 60.0 Å². The molecule has 2 amide bonds. The number of carbonyl (C=O) groups excluding carboxylic acids is 2. The van der Waals surface area contributed by atoms with E-state index in [0.29, 0.717) is 41.7 Å². The van der Waals surface area contributed by atoms with E-state index in [1.807, 2.05) is 0 Å². The Balaban J connectivity index is 1.39. The average molecular weight is 494 g/mol. The number of amides is 2. The number of thioether (sulfide) groups is 1. The van der Waals surface area contributed by atoms with Gasteiger partial charge in [-0.2, -0.15) is 13.2 Å². The summed E-state index contributed by atoms with van der Waals surface area (Å²) in [7, 11) is 1.78. The van der Waals surface area contributed by atoms with Crippen LogP contribution >= 0.6 is 11.8 Å². The smallest absolute Gasteiger partial charge is 0.370 e. The van der Waals surface area contributed by atoms with Gasteiger partial charge in [0, 0.05) is 37.6 Å². The number of hydrogen-bond donors (Lipinski definition) is 3. The maximum absolute atomic E-state index is 12.5. The van der Waals surface area contributed by atoms with Crippen LogP contribution in [0.15, 0.2) is 54.1 Å². The molecule has 13 heteroatoms. The van der Waals surface area contributed by atoms with Crippen molar-refractivity contribution in [2.45, 2.75) is 17.8 Å². The first-order chi connectivity index (χ1) is 16.2. The molecule has 3 aromatic rings. The number of benzene rings is 1. The Morgan fingerprint density at radius 3 is 2.65 bits per heavy atom. The van der Waals surface area contributed by atoms with E-state index in [1.165, 1.54) is 17.8 Å². The lowest BCUT2D eigenvalue weighted by Crippen LogP contribution is -2.26. The van der Waals surface area contributed by atoms with E-state index in [0.717, 1.165) is 12.3 Å². The average Bonchev–Trinajstić information content (AvgIpc) is 3.22. The summed E-state index contributed by atoms with van der Waals surface area (Å²) in [4.78, 5) is 28.3. The Morgan fingerprint density at radius 1 is 1.15 bits per heavy atom. The SMILES string of the molecule is Cn1cnnc1SCC(=O)Nc1cccc(C(=O)NCCCNc2ccc(C(F)(F)F)cn2)c1. The molecule has 0 atom stereocenters. The quantitative estimate of drug-likeness (QED) is 0.294. The number of halogens is 3. The van der Waals surface area contributed by atoms with Gasteiger partial charge in [-0.25, -0.2) is 4.98 Å². The third-order valence-electron chi connectivity index (χ3n) is 4.45. The summed E-state index contributed by atoms with van der Waals surface area (Å²) in [6.45, 7) is 0.759. The van der Waals surface area contributed by atoms with Crippen LogP contribution in [0.2, 0.25) is 0 Å². The molecule has 2 aromatic heterocycles. The third-order valence-corrected chi connectivity index (χ3v) is 5.48. The lowest BCUT2D eigenvalue weighted by Gasteiger charge is -2.10. The first kappa shape index (κ1) is 25.0. The van der Waals surface area contributed by atoms with Crippen molar-refractivity contribution in [1.29, 1.82) is 0 Å². The topological polar surface area (TPSA) is 114 Å². The molecule has 0 fully saturated rings. The lowest BCUT2D eigenvalue weighted by atomic mass is 10.2. The zero-order valence-electron chi connectivity index (χ0n) is 18.1. The van der Waals surface area contributed by atoms with Gasteiger partial charge in [-0.1, -0.05) is 17.8 Å². The molecule has 0 aliphatic rings. The van der Waals surface area contributed by atoms with E-state index in [-0.39, 0.29) is 17.6 Å². The minimum Gasteiger partial charge on any atom is -0.370 e. The first-order valence-electron chi connectivity index (χ1n) is 10.1. The molecule has 0 bridgehead atoms. The fourth-order valence-electron chi connectivity index (χ4n) is 2.74. The molecule has 0 aliphatic heterocycles. The van der Waals surface area contributed by atoms with Gasteiger partial charge in [0.2, 0.25) is 5.91 Å². The number of pyridine rings is 1. The Morgan fingerprint density at radius 2 is 1.97 bits per heavy atom. The zero-order valence-corrected chi connectivity index (χ0v) is 18.9. The number of aryl methyl sites for hydroxylation is 1. The van der Waals surface area contributed by atoms with E-state index < -0.39 is 11.7 Å². The molecule has 180 valence electrons. The van der Waals surface area contributed by atoms with Crippen LogP contribution in [-0.2, 0) is 18.0 Å². The van der Waals surface area contributed by atoms with E-state index in [1.54, 1.807) is 42.2 Å². The standard InChI is InChI=1S/C21H22F3N7O2S/c1-31-13-28-30-20(31)34-12-18(32)29-16-5-2-4-14(10-16)19(33)26-9-3-8-25-17-7-6-15(11-27-17)21(22,23)24/h2,4-7,10-11,13H,3,8-9,12H2,1H3,(H,25,27)(H,26,33)(H,29,32). The van der Waals surface area contributed by atoms with E-state index in [9.17, 15) is 22.8 Å². The van der Waals surface area contributed by atoms with E-state index >= 15 is 0 Å². The highest BCUT2D eigenvalue weighted by molar-refractivity contribution is 7.99. The predicted molar refractivity (Wildman–Crippen MR) is 121 cm³/mol. The number of nitrogens with zero attached hydrogens (tertiary/aromatic N) is 4. The van der Waals surface area contributed by atoms with Gasteiger partial charge in [-0.05, 0) is 36.8 Å². The molecular formula is C21H22F3N7O2S. The second-order valence-electron chi connectivity index (χ2n) is 7.11. The second-order valence-corrected chi connectivity index (χ2v) is 8.05. The number of rotatable bonds is 10. The van der Waals surface area contributed by atoms with Gasteiger partial charge in [0.25, 0.3) is 5.91 Å². The lowest BCUT2D eigenvalue weighted by molar-refractivity contribution is -0.137. The molecule has 1 aromatic carbocycles. The second kappa shape index (κ2) is 11.5. The Bertz CT molecular complexity index is 1120. The van der Waals surface area contributed by atoms with Crippen molar-refractivity contribution in [3.63, 3.8) is 0 Å². The van der Waals surface area contributed by atoms with Crippen LogP contribution in [0, 0.1) is 0 Å². The molecule has 9 nitrogen and oxygen atoms in total. The van der Waals surface area contributed by atoms with Crippen LogP contribution in [0.1, 0.15) is 22.3 Å². The van der Waals surface area contributed by atoms with Crippen molar-refractivity contribution in [3.8, 4) is 0 Å². The van der Waals surface area contributed by atoms with Crippen molar-refractivity contribution in [2.24, 2.45) is 7.05 Å². The van der Waals surface area contributed by atoms with Crippen molar-refractivity contribution in [1.82, 2.24) is 25.1 Å². The van der Waals surface area contributed by atoms with Crippen molar-refractivity contribution in [2.75, 3.05) is 29.5 Å². The molecule has 3 N–H and O–H groups in total. The highest BCUT2D eigenvalue weighted by Gasteiger charge is 2.30. The maximum Gasteiger partial charge on any atom is 0.417 e. The highest BCUT2D eigenvalue weighted by atomic mass is 32.2. The molecule has 0 aliphatic carbocycles. The minimum atomic E-state index is -4.42. The molecule has 34 heavy (non-hydrogen) atoms. The molecular weight excluding hydrogens is 471 g/mol. The zero-order chi connectivity index (χ0) is 24.6. The summed E-state index contributed by atoms with van der Waals surface area (Å²) in [5.41, 5.74) is 0.0651. The summed E-state index contributed by atoms with van der Waals surface area (Å²) < 4.78 is 39.4. The molecule has 0 unspecified atom stereocenters. The van der Waals surface area contributed by atoms with Crippen LogP contribution in [0.5, 0.6) is 0 Å². The molecule has 0 saturated heterocycles. The predicted octanol–water partition coefficient (Wildman–Crippen LogP) is 3.19. The van der Waals surface area contributed by atoms with E-state index in [2.05, 4.69) is 31.1 Å². The van der Waals surface area contributed by atoms with Gasteiger partial charge in [-0.15, -0.1) is 10.2 Å². The van der Waals surface area contributed by atoms with Crippen LogP contribution < -0.4 is 16.0 Å². The molecule has 0 radical (unpaired) electrons. The fraction of sp³-hybridized carbons (Fsp3) is 0.286. The normalized spacial score (nSPS) is 11.2. The highest BCUT2D eigenvalue weighted by Crippen LogP contribution is 2.28. The number of aromatic nitrogens is 4. The van der Waals surface area contributed by atoms with Crippen LogP contribution in [-0.4, -0.2) is 50.4 Å². The van der Waals surface area contributed by atoms with Crippen LogP contribution in [0.25, 0.3) is 0 Å². The summed E-state index contributed by atoms with van der Waals surface area (Å²) in [6, 6.07) is 8.76. The van der Waals surface area contributed by atoms with Gasteiger partial charge in [0.05, 0.1) is 11.3 Å².